The molecule has 0 aliphatic heterocycles. The van der Waals surface area contributed by atoms with E-state index >= 15 is 0 Å². The molecule has 0 saturated heterocycles. The van der Waals surface area contributed by atoms with Gasteiger partial charge in [-0.3, -0.25) is 0 Å². The second-order valence-electron chi connectivity index (χ2n) is 4.42. The zero-order valence-corrected chi connectivity index (χ0v) is 10.2. The van der Waals surface area contributed by atoms with E-state index in [-0.39, 0.29) is 5.75 Å². The molecule has 0 radical (unpaired) electrons. The van der Waals surface area contributed by atoms with Crippen molar-refractivity contribution < 1.29 is 5.11 Å². The number of benzene rings is 1. The molecular formula is C13H18ClNO. The maximum absolute atomic E-state index is 10.0. The fraction of sp³-hybridized carbons (Fsp3) is 0.538. The van der Waals surface area contributed by atoms with Gasteiger partial charge in [-0.05, 0) is 67.8 Å². The first kappa shape index (κ1) is 11.7. The highest BCUT2D eigenvalue weighted by molar-refractivity contribution is 6.32. The second-order valence-corrected chi connectivity index (χ2v) is 4.83. The van der Waals surface area contributed by atoms with E-state index in [4.69, 9.17) is 17.3 Å². The SMILES string of the molecule is NCCCc1c(O)c(Cl)cc2c1CCCC2. The van der Waals surface area contributed by atoms with Crippen molar-refractivity contribution in [2.24, 2.45) is 5.73 Å². The summed E-state index contributed by atoms with van der Waals surface area (Å²) in [4.78, 5) is 0. The summed E-state index contributed by atoms with van der Waals surface area (Å²) >= 11 is 6.05. The van der Waals surface area contributed by atoms with E-state index in [2.05, 4.69) is 0 Å². The molecule has 0 bridgehead atoms. The molecule has 0 atom stereocenters. The molecule has 3 N–H and O–H groups in total. The van der Waals surface area contributed by atoms with Crippen LogP contribution in [0.5, 0.6) is 5.75 Å². The number of aromatic hydroxyl groups is 1. The average Bonchev–Trinajstić information content (AvgIpc) is 2.30. The monoisotopic (exact) mass is 239 g/mol. The lowest BCUT2D eigenvalue weighted by Crippen LogP contribution is -2.09. The van der Waals surface area contributed by atoms with Crippen LogP contribution in [0.3, 0.4) is 0 Å². The Morgan fingerprint density at radius 3 is 2.81 bits per heavy atom. The molecule has 1 aliphatic rings. The summed E-state index contributed by atoms with van der Waals surface area (Å²) in [6.07, 6.45) is 6.34. The molecule has 0 aromatic heterocycles. The van der Waals surface area contributed by atoms with Gasteiger partial charge in [-0.1, -0.05) is 11.6 Å². The van der Waals surface area contributed by atoms with Crippen LogP contribution in [0.2, 0.25) is 5.02 Å². The van der Waals surface area contributed by atoms with Gasteiger partial charge in [0.1, 0.15) is 5.75 Å². The number of fused-ring (bicyclic) bond motifs is 1. The molecule has 0 saturated carbocycles. The first-order valence-corrected chi connectivity index (χ1v) is 6.34. The van der Waals surface area contributed by atoms with E-state index < -0.39 is 0 Å². The van der Waals surface area contributed by atoms with Crippen LogP contribution in [0.1, 0.15) is 36.0 Å². The lowest BCUT2D eigenvalue weighted by Gasteiger charge is -2.21. The van der Waals surface area contributed by atoms with Crippen molar-refractivity contribution in [3.63, 3.8) is 0 Å². The van der Waals surface area contributed by atoms with E-state index in [1.807, 2.05) is 6.07 Å². The second kappa shape index (κ2) is 5.07. The lowest BCUT2D eigenvalue weighted by atomic mass is 9.86. The molecule has 2 rings (SSSR count). The molecule has 2 nitrogen and oxygen atoms in total. The Labute approximate surface area is 101 Å². The van der Waals surface area contributed by atoms with E-state index in [0.717, 1.165) is 31.2 Å². The number of aryl methyl sites for hydroxylation is 1. The van der Waals surface area contributed by atoms with Gasteiger partial charge in [-0.15, -0.1) is 0 Å². The van der Waals surface area contributed by atoms with Gasteiger partial charge >= 0.3 is 0 Å². The van der Waals surface area contributed by atoms with Gasteiger partial charge < -0.3 is 10.8 Å². The number of hydrogen-bond donors (Lipinski definition) is 2. The predicted molar refractivity (Wildman–Crippen MR) is 67.1 cm³/mol. The summed E-state index contributed by atoms with van der Waals surface area (Å²) in [6, 6.07) is 1.93. The minimum atomic E-state index is 0.274. The van der Waals surface area contributed by atoms with Crippen molar-refractivity contribution in [1.29, 1.82) is 0 Å². The fourth-order valence-electron chi connectivity index (χ4n) is 2.49. The lowest BCUT2D eigenvalue weighted by molar-refractivity contribution is 0.464. The van der Waals surface area contributed by atoms with Crippen molar-refractivity contribution in [2.75, 3.05) is 6.54 Å². The fourth-order valence-corrected chi connectivity index (χ4v) is 2.73. The molecule has 1 aliphatic carbocycles. The zero-order chi connectivity index (χ0) is 11.5. The van der Waals surface area contributed by atoms with Gasteiger partial charge in [0.2, 0.25) is 0 Å². The van der Waals surface area contributed by atoms with Crippen LogP contribution in [0.4, 0.5) is 0 Å². The maximum Gasteiger partial charge on any atom is 0.137 e. The first-order chi connectivity index (χ1) is 7.74. The van der Waals surface area contributed by atoms with Crippen molar-refractivity contribution in [3.8, 4) is 5.75 Å². The first-order valence-electron chi connectivity index (χ1n) is 5.96. The normalized spacial score (nSPS) is 14.9. The Bertz CT molecular complexity index is 390. The minimum absolute atomic E-state index is 0.274. The van der Waals surface area contributed by atoms with E-state index in [1.54, 1.807) is 0 Å². The molecular weight excluding hydrogens is 222 g/mol. The zero-order valence-electron chi connectivity index (χ0n) is 9.43. The molecule has 16 heavy (non-hydrogen) atoms. The molecule has 0 fully saturated rings. The summed E-state index contributed by atoms with van der Waals surface area (Å²) in [5.74, 6) is 0.274. The maximum atomic E-state index is 10.0. The van der Waals surface area contributed by atoms with Crippen molar-refractivity contribution >= 4 is 11.6 Å². The molecule has 1 aromatic carbocycles. The van der Waals surface area contributed by atoms with Crippen molar-refractivity contribution in [3.05, 3.63) is 27.8 Å². The highest BCUT2D eigenvalue weighted by atomic mass is 35.5. The van der Waals surface area contributed by atoms with Crippen LogP contribution < -0.4 is 5.73 Å². The summed E-state index contributed by atoms with van der Waals surface area (Å²) < 4.78 is 0. The van der Waals surface area contributed by atoms with Crippen LogP contribution >= 0.6 is 11.6 Å². The van der Waals surface area contributed by atoms with Crippen LogP contribution in [0.25, 0.3) is 0 Å². The quantitative estimate of drug-likeness (QED) is 0.852. The van der Waals surface area contributed by atoms with E-state index in [1.165, 1.54) is 24.0 Å². The molecule has 0 amide bonds. The Morgan fingerprint density at radius 2 is 2.06 bits per heavy atom. The summed E-state index contributed by atoms with van der Waals surface area (Å²) in [7, 11) is 0. The van der Waals surface area contributed by atoms with Crippen LogP contribution in [0.15, 0.2) is 6.07 Å². The number of phenolic OH excluding ortho intramolecular Hbond substituents is 1. The standard InChI is InChI=1S/C13H18ClNO/c14-12-8-9-4-1-2-5-10(9)11(13(12)16)6-3-7-15/h8,16H,1-7,15H2. The van der Waals surface area contributed by atoms with Crippen LogP contribution in [-0.4, -0.2) is 11.7 Å². The van der Waals surface area contributed by atoms with Crippen molar-refractivity contribution in [2.45, 2.75) is 38.5 Å². The molecule has 0 unspecified atom stereocenters. The predicted octanol–water partition coefficient (Wildman–Crippen LogP) is 2.82. The Hall–Kier alpha value is -0.730. The highest BCUT2D eigenvalue weighted by Gasteiger charge is 2.18. The molecule has 1 aromatic rings. The van der Waals surface area contributed by atoms with Crippen LogP contribution in [0, 0.1) is 0 Å². The number of phenols is 1. The third-order valence-electron chi connectivity index (χ3n) is 3.32. The molecule has 3 heteroatoms. The number of hydrogen-bond acceptors (Lipinski definition) is 2. The average molecular weight is 240 g/mol. The Balaban J connectivity index is 2.41. The summed E-state index contributed by atoms with van der Waals surface area (Å²) in [5.41, 5.74) is 9.20. The van der Waals surface area contributed by atoms with Gasteiger partial charge in [0.05, 0.1) is 5.02 Å². The van der Waals surface area contributed by atoms with Crippen LogP contribution in [-0.2, 0) is 19.3 Å². The summed E-state index contributed by atoms with van der Waals surface area (Å²) in [6.45, 7) is 0.653. The van der Waals surface area contributed by atoms with E-state index in [0.29, 0.717) is 11.6 Å². The largest absolute Gasteiger partial charge is 0.506 e. The Kier molecular flexibility index (Phi) is 3.72. The van der Waals surface area contributed by atoms with Gasteiger partial charge in [0.25, 0.3) is 0 Å². The topological polar surface area (TPSA) is 46.2 Å². The van der Waals surface area contributed by atoms with E-state index in [9.17, 15) is 5.11 Å². The molecule has 88 valence electrons. The third-order valence-corrected chi connectivity index (χ3v) is 3.61. The van der Waals surface area contributed by atoms with Crippen molar-refractivity contribution in [1.82, 2.24) is 0 Å². The highest BCUT2D eigenvalue weighted by Crippen LogP contribution is 2.37. The van der Waals surface area contributed by atoms with Gasteiger partial charge in [0, 0.05) is 0 Å². The number of nitrogens with two attached hydrogens (primary N) is 1. The third kappa shape index (κ3) is 2.18. The van der Waals surface area contributed by atoms with Gasteiger partial charge in [-0.25, -0.2) is 0 Å². The summed E-state index contributed by atoms with van der Waals surface area (Å²) in [5, 5.41) is 10.5. The minimum Gasteiger partial charge on any atom is -0.506 e. The van der Waals surface area contributed by atoms with Gasteiger partial charge in [-0.2, -0.15) is 0 Å². The Morgan fingerprint density at radius 1 is 1.31 bits per heavy atom. The van der Waals surface area contributed by atoms with Gasteiger partial charge in [0.15, 0.2) is 0 Å². The smallest absolute Gasteiger partial charge is 0.137 e. The molecule has 0 heterocycles. The number of rotatable bonds is 3. The number of halogens is 1. The molecule has 0 spiro atoms.